The highest BCUT2D eigenvalue weighted by Crippen LogP contribution is 2.45. The number of hydrogen-bond acceptors (Lipinski definition) is 3. The van der Waals surface area contributed by atoms with Gasteiger partial charge in [-0.3, -0.25) is 0 Å². The predicted molar refractivity (Wildman–Crippen MR) is 66.3 cm³/mol. The van der Waals surface area contributed by atoms with Crippen LogP contribution in [0.3, 0.4) is 0 Å². The number of rotatable bonds is 4. The molecule has 2 atom stereocenters. The number of ether oxygens (including phenoxy) is 1. The number of benzene rings is 1. The van der Waals surface area contributed by atoms with Gasteiger partial charge in [-0.15, -0.1) is 6.58 Å². The van der Waals surface area contributed by atoms with Gasteiger partial charge in [0.2, 0.25) is 0 Å². The van der Waals surface area contributed by atoms with E-state index >= 15 is 0 Å². The Morgan fingerprint density at radius 3 is 2.41 bits per heavy atom. The first-order valence-corrected chi connectivity index (χ1v) is 5.86. The molecule has 92 valence electrons. The Morgan fingerprint density at radius 1 is 1.35 bits per heavy atom. The first-order valence-electron chi connectivity index (χ1n) is 5.86. The molecule has 2 N–H and O–H groups in total. The zero-order valence-corrected chi connectivity index (χ0v) is 10.2. The number of hydrogen-bond donors (Lipinski definition) is 2. The highest BCUT2D eigenvalue weighted by Gasteiger charge is 2.39. The van der Waals surface area contributed by atoms with Crippen molar-refractivity contribution in [1.29, 1.82) is 0 Å². The van der Waals surface area contributed by atoms with Crippen LogP contribution in [0.5, 0.6) is 11.5 Å². The van der Waals surface area contributed by atoms with E-state index in [0.29, 0.717) is 5.56 Å². The van der Waals surface area contributed by atoms with E-state index < -0.39 is 0 Å². The maximum atomic E-state index is 9.90. The summed E-state index contributed by atoms with van der Waals surface area (Å²) in [6.07, 6.45) is 2.72. The lowest BCUT2D eigenvalue weighted by molar-refractivity contribution is 0.372. The van der Waals surface area contributed by atoms with Crippen LogP contribution < -0.4 is 0 Å². The number of aromatic hydroxyl groups is 2. The van der Waals surface area contributed by atoms with E-state index in [2.05, 4.69) is 6.58 Å². The summed E-state index contributed by atoms with van der Waals surface area (Å²) in [6, 6.07) is 3.37. The zero-order chi connectivity index (χ0) is 12.6. The minimum absolute atomic E-state index is 0.0222. The van der Waals surface area contributed by atoms with E-state index in [-0.39, 0.29) is 29.6 Å². The monoisotopic (exact) mass is 234 g/mol. The average molecular weight is 234 g/mol. The van der Waals surface area contributed by atoms with Gasteiger partial charge in [0, 0.05) is 5.56 Å². The Hall–Kier alpha value is -1.48. The third-order valence-corrected chi connectivity index (χ3v) is 3.05. The lowest BCUT2D eigenvalue weighted by atomic mass is 9.97. The molecule has 1 heterocycles. The van der Waals surface area contributed by atoms with Gasteiger partial charge in [0.1, 0.15) is 17.6 Å². The molecule has 0 radical (unpaired) electrons. The second-order valence-electron chi connectivity index (χ2n) is 4.75. The largest absolute Gasteiger partial charge is 0.508 e. The Kier molecular flexibility index (Phi) is 3.11. The second kappa shape index (κ2) is 4.41. The minimum Gasteiger partial charge on any atom is -0.508 e. The molecular formula is C14H18O3. The van der Waals surface area contributed by atoms with Gasteiger partial charge in [0.05, 0.1) is 6.10 Å². The first-order chi connectivity index (χ1) is 8.04. The molecule has 1 aliphatic heterocycles. The predicted octanol–water partition coefficient (Wildman–Crippen LogP) is 3.24. The van der Waals surface area contributed by atoms with Crippen LogP contribution in [0.15, 0.2) is 24.8 Å². The maximum absolute atomic E-state index is 9.90. The van der Waals surface area contributed by atoms with Crippen molar-refractivity contribution in [3.05, 3.63) is 35.9 Å². The molecule has 0 amide bonds. The summed E-state index contributed by atoms with van der Waals surface area (Å²) in [4.78, 5) is 0. The molecule has 0 bridgehead atoms. The summed E-state index contributed by atoms with van der Waals surface area (Å²) in [7, 11) is 0. The van der Waals surface area contributed by atoms with Gasteiger partial charge in [-0.2, -0.15) is 0 Å². The van der Waals surface area contributed by atoms with Gasteiger partial charge in [0.15, 0.2) is 0 Å². The van der Waals surface area contributed by atoms with Crippen molar-refractivity contribution in [1.82, 2.24) is 0 Å². The van der Waals surface area contributed by atoms with Gasteiger partial charge < -0.3 is 14.9 Å². The molecule has 3 nitrogen and oxygen atoms in total. The van der Waals surface area contributed by atoms with Crippen molar-refractivity contribution in [3.63, 3.8) is 0 Å². The van der Waals surface area contributed by atoms with Crippen molar-refractivity contribution < 1.29 is 14.9 Å². The summed E-state index contributed by atoms with van der Waals surface area (Å²) in [5.41, 5.74) is 1.42. The van der Waals surface area contributed by atoms with Crippen LogP contribution in [0, 0.1) is 0 Å². The Balaban J connectivity index is 2.25. The van der Waals surface area contributed by atoms with Crippen LogP contribution in [0.4, 0.5) is 0 Å². The molecule has 1 fully saturated rings. The Morgan fingerprint density at radius 2 is 1.94 bits per heavy atom. The van der Waals surface area contributed by atoms with Crippen LogP contribution >= 0.6 is 0 Å². The van der Waals surface area contributed by atoms with E-state index in [1.54, 1.807) is 12.1 Å². The second-order valence-corrected chi connectivity index (χ2v) is 4.75. The number of phenols is 2. The summed E-state index contributed by atoms with van der Waals surface area (Å²) >= 11 is 0. The Bertz CT molecular complexity index is 414. The van der Waals surface area contributed by atoms with Gasteiger partial charge in [-0.05, 0) is 30.0 Å². The molecule has 0 aromatic heterocycles. The van der Waals surface area contributed by atoms with Gasteiger partial charge in [-0.1, -0.05) is 19.9 Å². The van der Waals surface area contributed by atoms with E-state index in [0.717, 1.165) is 12.0 Å². The lowest BCUT2D eigenvalue weighted by Crippen LogP contribution is -1.93. The summed E-state index contributed by atoms with van der Waals surface area (Å²) in [6.45, 7) is 7.53. The summed E-state index contributed by atoms with van der Waals surface area (Å²) in [5, 5.41) is 19.8. The van der Waals surface area contributed by atoms with Crippen LogP contribution in [-0.4, -0.2) is 16.3 Å². The number of epoxide rings is 1. The zero-order valence-electron chi connectivity index (χ0n) is 10.2. The van der Waals surface area contributed by atoms with Crippen molar-refractivity contribution in [2.45, 2.75) is 38.4 Å². The van der Waals surface area contributed by atoms with Gasteiger partial charge in [0.25, 0.3) is 0 Å². The molecule has 0 aliphatic carbocycles. The smallest absolute Gasteiger partial charge is 0.123 e. The van der Waals surface area contributed by atoms with E-state index in [4.69, 9.17) is 4.74 Å². The summed E-state index contributed by atoms with van der Waals surface area (Å²) in [5.74, 6) is 0.374. The highest BCUT2D eigenvalue weighted by molar-refractivity contribution is 5.49. The van der Waals surface area contributed by atoms with Crippen molar-refractivity contribution in [3.8, 4) is 11.5 Å². The molecule has 1 aromatic carbocycles. The topological polar surface area (TPSA) is 53.0 Å². The molecule has 0 saturated carbocycles. The molecule has 17 heavy (non-hydrogen) atoms. The standard InChI is InChI=1S/C14H18O3/c1-4-5-12-14(17-12)9-6-10(15)13(8(2)3)11(16)7-9/h4,6-8,12,14-16H,1,5H2,2-3H3. The SMILES string of the molecule is C=CCC1OC1c1cc(O)c(C(C)C)c(O)c1. The summed E-state index contributed by atoms with van der Waals surface area (Å²) < 4.78 is 5.46. The van der Waals surface area contributed by atoms with E-state index in [1.165, 1.54) is 0 Å². The van der Waals surface area contributed by atoms with Crippen molar-refractivity contribution >= 4 is 0 Å². The lowest BCUT2D eigenvalue weighted by Gasteiger charge is -2.12. The third kappa shape index (κ3) is 2.29. The molecule has 2 rings (SSSR count). The average Bonchev–Trinajstić information content (AvgIpc) is 2.95. The Labute approximate surface area is 101 Å². The maximum Gasteiger partial charge on any atom is 0.123 e. The molecule has 1 saturated heterocycles. The minimum atomic E-state index is -0.0222. The molecule has 1 aliphatic rings. The van der Waals surface area contributed by atoms with Crippen LogP contribution in [0.1, 0.15) is 43.4 Å². The first kappa shape index (κ1) is 12.0. The normalized spacial score (nSPS) is 22.8. The van der Waals surface area contributed by atoms with E-state index in [9.17, 15) is 10.2 Å². The molecule has 3 heteroatoms. The fourth-order valence-electron chi connectivity index (χ4n) is 2.18. The van der Waals surface area contributed by atoms with Crippen LogP contribution in [-0.2, 0) is 4.74 Å². The molecule has 1 aromatic rings. The van der Waals surface area contributed by atoms with Crippen molar-refractivity contribution in [2.24, 2.45) is 0 Å². The van der Waals surface area contributed by atoms with Gasteiger partial charge in [-0.25, -0.2) is 0 Å². The van der Waals surface area contributed by atoms with E-state index in [1.807, 2.05) is 19.9 Å². The van der Waals surface area contributed by atoms with Crippen LogP contribution in [0.25, 0.3) is 0 Å². The quantitative estimate of drug-likeness (QED) is 0.621. The fourth-order valence-corrected chi connectivity index (χ4v) is 2.18. The molecule has 2 unspecified atom stereocenters. The van der Waals surface area contributed by atoms with Crippen LogP contribution in [0.2, 0.25) is 0 Å². The van der Waals surface area contributed by atoms with Crippen molar-refractivity contribution in [2.75, 3.05) is 0 Å². The fraction of sp³-hybridized carbons (Fsp3) is 0.429. The highest BCUT2D eigenvalue weighted by atomic mass is 16.6. The van der Waals surface area contributed by atoms with Gasteiger partial charge >= 0.3 is 0 Å². The molecular weight excluding hydrogens is 216 g/mol. The molecule has 0 spiro atoms. The number of phenolic OH excluding ortho intramolecular Hbond substituents is 2. The third-order valence-electron chi connectivity index (χ3n) is 3.05.